The van der Waals surface area contributed by atoms with Crippen LogP contribution < -0.4 is 5.32 Å². The molecule has 0 atom stereocenters. The molecule has 5 nitrogen and oxygen atoms in total. The van der Waals surface area contributed by atoms with Crippen molar-refractivity contribution in [1.29, 1.82) is 0 Å². The van der Waals surface area contributed by atoms with Crippen molar-refractivity contribution in [3.8, 4) is 0 Å². The van der Waals surface area contributed by atoms with Gasteiger partial charge in [-0.1, -0.05) is 30.3 Å². The van der Waals surface area contributed by atoms with Gasteiger partial charge in [-0.15, -0.1) is 0 Å². The minimum Gasteiger partial charge on any atom is -0.352 e. The summed E-state index contributed by atoms with van der Waals surface area (Å²) in [6.45, 7) is 1.06. The Morgan fingerprint density at radius 2 is 1.70 bits per heavy atom. The van der Waals surface area contributed by atoms with E-state index in [9.17, 15) is 4.79 Å². The summed E-state index contributed by atoms with van der Waals surface area (Å²) in [6, 6.07) is 9.88. The van der Waals surface area contributed by atoms with E-state index in [2.05, 4.69) is 10.3 Å². The highest BCUT2D eigenvalue weighted by Gasteiger charge is 2.05. The van der Waals surface area contributed by atoms with Gasteiger partial charge in [0.05, 0.1) is 6.54 Å². The quantitative estimate of drug-likeness (QED) is 0.649. The molecule has 5 heteroatoms. The molecule has 0 aliphatic heterocycles. The van der Waals surface area contributed by atoms with E-state index < -0.39 is 0 Å². The average molecular weight is 276 g/mol. The van der Waals surface area contributed by atoms with Gasteiger partial charge in [-0.2, -0.15) is 0 Å². The molecule has 0 radical (unpaired) electrons. The molecular formula is C15H24N4O. The Hall–Kier alpha value is -2.04. The number of nitrogens with one attached hydrogen (secondary N) is 1. The lowest BCUT2D eigenvalue weighted by Crippen LogP contribution is -2.35. The van der Waals surface area contributed by atoms with E-state index in [1.807, 2.05) is 68.3 Å². The average Bonchev–Trinajstić information content (AvgIpc) is 2.41. The van der Waals surface area contributed by atoms with Crippen LogP contribution in [0.2, 0.25) is 0 Å². The zero-order chi connectivity index (χ0) is 15.0. The van der Waals surface area contributed by atoms with E-state index in [1.54, 1.807) is 0 Å². The molecule has 0 saturated heterocycles. The lowest BCUT2D eigenvalue weighted by atomic mass is 10.2. The standard InChI is InChI=1S/C15H24N4O/c1-18(2)15(19(3)4)16-11-10-14(20)17-12-13-8-6-5-7-9-13/h5-9H,10-12H2,1-4H3,(H,17,20). The van der Waals surface area contributed by atoms with Crippen LogP contribution in [0.1, 0.15) is 12.0 Å². The monoisotopic (exact) mass is 276 g/mol. The van der Waals surface area contributed by atoms with Crippen molar-refractivity contribution in [1.82, 2.24) is 15.1 Å². The molecule has 0 fully saturated rings. The van der Waals surface area contributed by atoms with Crippen LogP contribution in [-0.4, -0.2) is 56.4 Å². The number of guanidine groups is 1. The number of carbonyl (C=O) groups excluding carboxylic acids is 1. The van der Waals surface area contributed by atoms with E-state index in [-0.39, 0.29) is 5.91 Å². The van der Waals surface area contributed by atoms with Crippen molar-refractivity contribution >= 4 is 11.9 Å². The largest absolute Gasteiger partial charge is 0.352 e. The molecule has 1 aromatic rings. The molecule has 20 heavy (non-hydrogen) atoms. The Balaban J connectivity index is 2.34. The van der Waals surface area contributed by atoms with Crippen LogP contribution in [0, 0.1) is 0 Å². The second-order valence-corrected chi connectivity index (χ2v) is 4.98. The maximum atomic E-state index is 11.7. The van der Waals surface area contributed by atoms with Gasteiger partial charge in [0.25, 0.3) is 0 Å². The van der Waals surface area contributed by atoms with Crippen LogP contribution in [0.15, 0.2) is 35.3 Å². The van der Waals surface area contributed by atoms with Gasteiger partial charge in [-0.05, 0) is 5.56 Å². The third-order valence-corrected chi connectivity index (χ3v) is 2.72. The van der Waals surface area contributed by atoms with Gasteiger partial charge in [0, 0.05) is 41.2 Å². The molecular weight excluding hydrogens is 252 g/mol. The number of rotatable bonds is 5. The first-order chi connectivity index (χ1) is 9.50. The molecule has 1 N–H and O–H groups in total. The maximum absolute atomic E-state index is 11.7. The highest BCUT2D eigenvalue weighted by Crippen LogP contribution is 1.97. The lowest BCUT2D eigenvalue weighted by Gasteiger charge is -2.22. The summed E-state index contributed by atoms with van der Waals surface area (Å²) < 4.78 is 0. The molecule has 1 rings (SSSR count). The summed E-state index contributed by atoms with van der Waals surface area (Å²) in [5, 5.41) is 2.90. The smallest absolute Gasteiger partial charge is 0.222 e. The van der Waals surface area contributed by atoms with Crippen LogP contribution in [0.25, 0.3) is 0 Å². The Kier molecular flexibility index (Phi) is 6.56. The van der Waals surface area contributed by atoms with Crippen molar-refractivity contribution in [3.05, 3.63) is 35.9 Å². The zero-order valence-electron chi connectivity index (χ0n) is 12.8. The van der Waals surface area contributed by atoms with E-state index in [0.717, 1.165) is 11.5 Å². The molecule has 0 spiro atoms. The van der Waals surface area contributed by atoms with Crippen LogP contribution in [0.5, 0.6) is 0 Å². The fourth-order valence-electron chi connectivity index (χ4n) is 1.83. The van der Waals surface area contributed by atoms with Gasteiger partial charge in [0.1, 0.15) is 0 Å². The third-order valence-electron chi connectivity index (χ3n) is 2.72. The van der Waals surface area contributed by atoms with Crippen molar-refractivity contribution in [2.24, 2.45) is 4.99 Å². The number of nitrogens with zero attached hydrogens (tertiary/aromatic N) is 3. The first-order valence-electron chi connectivity index (χ1n) is 6.70. The molecule has 0 aliphatic rings. The number of hydrogen-bond donors (Lipinski definition) is 1. The van der Waals surface area contributed by atoms with E-state index in [1.165, 1.54) is 0 Å². The van der Waals surface area contributed by atoms with Crippen LogP contribution in [0.3, 0.4) is 0 Å². The van der Waals surface area contributed by atoms with E-state index in [0.29, 0.717) is 19.5 Å². The maximum Gasteiger partial charge on any atom is 0.222 e. The molecule has 0 aromatic heterocycles. The summed E-state index contributed by atoms with van der Waals surface area (Å²) >= 11 is 0. The van der Waals surface area contributed by atoms with E-state index >= 15 is 0 Å². The van der Waals surface area contributed by atoms with Crippen LogP contribution in [-0.2, 0) is 11.3 Å². The number of benzene rings is 1. The van der Waals surface area contributed by atoms with E-state index in [4.69, 9.17) is 0 Å². The second-order valence-electron chi connectivity index (χ2n) is 4.98. The Labute approximate surface area is 121 Å². The van der Waals surface area contributed by atoms with Gasteiger partial charge in [-0.25, -0.2) is 0 Å². The summed E-state index contributed by atoms with van der Waals surface area (Å²) in [6.07, 6.45) is 0.401. The second kappa shape index (κ2) is 8.19. The highest BCUT2D eigenvalue weighted by atomic mass is 16.1. The SMILES string of the molecule is CN(C)C(=NCCC(=O)NCc1ccccc1)N(C)C. The fraction of sp³-hybridized carbons (Fsp3) is 0.467. The first kappa shape index (κ1) is 16.0. The van der Waals surface area contributed by atoms with Crippen LogP contribution >= 0.6 is 0 Å². The van der Waals surface area contributed by atoms with Crippen molar-refractivity contribution in [2.75, 3.05) is 34.7 Å². The van der Waals surface area contributed by atoms with Crippen molar-refractivity contribution < 1.29 is 4.79 Å². The van der Waals surface area contributed by atoms with Gasteiger partial charge < -0.3 is 15.1 Å². The number of carbonyl (C=O) groups is 1. The molecule has 0 saturated carbocycles. The van der Waals surface area contributed by atoms with Crippen LogP contribution in [0.4, 0.5) is 0 Å². The minimum atomic E-state index is 0.0227. The Bertz CT molecular complexity index is 430. The lowest BCUT2D eigenvalue weighted by molar-refractivity contribution is -0.121. The van der Waals surface area contributed by atoms with Crippen molar-refractivity contribution in [3.63, 3.8) is 0 Å². The predicted octanol–water partition coefficient (Wildman–Crippen LogP) is 1.17. The number of hydrogen-bond acceptors (Lipinski definition) is 2. The van der Waals surface area contributed by atoms with Gasteiger partial charge in [0.2, 0.25) is 5.91 Å². The number of aliphatic imine (C=N–C) groups is 1. The molecule has 110 valence electrons. The first-order valence-corrected chi connectivity index (χ1v) is 6.70. The normalized spacial score (nSPS) is 9.80. The molecule has 0 bridgehead atoms. The third kappa shape index (κ3) is 5.73. The Morgan fingerprint density at radius 3 is 2.25 bits per heavy atom. The Morgan fingerprint density at radius 1 is 1.10 bits per heavy atom. The molecule has 0 heterocycles. The van der Waals surface area contributed by atoms with Gasteiger partial charge in [0.15, 0.2) is 5.96 Å². The van der Waals surface area contributed by atoms with Crippen molar-refractivity contribution in [2.45, 2.75) is 13.0 Å². The predicted molar refractivity (Wildman–Crippen MR) is 82.6 cm³/mol. The fourth-order valence-corrected chi connectivity index (χ4v) is 1.83. The molecule has 1 aromatic carbocycles. The summed E-state index contributed by atoms with van der Waals surface area (Å²) in [5.74, 6) is 0.885. The number of amides is 1. The zero-order valence-corrected chi connectivity index (χ0v) is 12.8. The van der Waals surface area contributed by atoms with Gasteiger partial charge in [-0.3, -0.25) is 9.79 Å². The van der Waals surface area contributed by atoms with Gasteiger partial charge >= 0.3 is 0 Å². The topological polar surface area (TPSA) is 47.9 Å². The minimum absolute atomic E-state index is 0.0227. The molecule has 0 unspecified atom stereocenters. The summed E-state index contributed by atoms with van der Waals surface area (Å²) in [4.78, 5) is 20.0. The molecule has 0 aliphatic carbocycles. The highest BCUT2D eigenvalue weighted by molar-refractivity contribution is 5.80. The molecule has 1 amide bonds. The summed E-state index contributed by atoms with van der Waals surface area (Å²) in [5.41, 5.74) is 1.10. The summed E-state index contributed by atoms with van der Waals surface area (Å²) in [7, 11) is 7.76.